The van der Waals surface area contributed by atoms with Crippen LogP contribution in [0.25, 0.3) is 0 Å². The van der Waals surface area contributed by atoms with Gasteiger partial charge < -0.3 is 9.84 Å². The Kier molecular flexibility index (Phi) is 5.75. The van der Waals surface area contributed by atoms with Crippen LogP contribution in [0.2, 0.25) is 0 Å². The summed E-state index contributed by atoms with van der Waals surface area (Å²) in [6.07, 6.45) is 6.87. The zero-order valence-corrected chi connectivity index (χ0v) is 14.9. The van der Waals surface area contributed by atoms with Crippen LogP contribution in [0, 0.1) is 12.8 Å². The summed E-state index contributed by atoms with van der Waals surface area (Å²) in [4.78, 5) is 22.2. The fraction of sp³-hybridized carbons (Fsp3) is 0.556. The highest BCUT2D eigenvalue weighted by atomic mass is 16.5. The number of rotatable bonds is 6. The standard InChI is InChI=1S/C18H25N5O2/c1-13-7-17(22-25-13)12-23-5-3-15(4-6-23)8-16-9-21-18(11-20-16)10-19-14(2)24/h7,9,11,15H,3-6,8,10,12H2,1-2H3,(H,19,24). The minimum Gasteiger partial charge on any atom is -0.361 e. The molecule has 0 bridgehead atoms. The van der Waals surface area contributed by atoms with Crippen molar-refractivity contribution >= 4 is 5.91 Å². The van der Waals surface area contributed by atoms with Gasteiger partial charge in [0, 0.05) is 25.7 Å². The maximum Gasteiger partial charge on any atom is 0.217 e. The lowest BCUT2D eigenvalue weighted by Crippen LogP contribution is -2.34. The zero-order chi connectivity index (χ0) is 17.6. The Labute approximate surface area is 147 Å². The van der Waals surface area contributed by atoms with Gasteiger partial charge in [0.15, 0.2) is 0 Å². The van der Waals surface area contributed by atoms with Crippen molar-refractivity contribution < 1.29 is 9.32 Å². The highest BCUT2D eigenvalue weighted by Crippen LogP contribution is 2.22. The molecule has 7 nitrogen and oxygen atoms in total. The zero-order valence-electron chi connectivity index (χ0n) is 14.9. The van der Waals surface area contributed by atoms with Crippen molar-refractivity contribution in [3.05, 3.63) is 41.3 Å². The van der Waals surface area contributed by atoms with E-state index in [2.05, 4.69) is 25.3 Å². The Balaban J connectivity index is 1.43. The maximum atomic E-state index is 10.9. The third kappa shape index (κ3) is 5.35. The van der Waals surface area contributed by atoms with E-state index in [1.807, 2.05) is 19.2 Å². The number of aromatic nitrogens is 3. The molecule has 7 heteroatoms. The first kappa shape index (κ1) is 17.5. The van der Waals surface area contributed by atoms with E-state index in [-0.39, 0.29) is 5.91 Å². The van der Waals surface area contributed by atoms with Gasteiger partial charge in [-0.2, -0.15) is 0 Å². The lowest BCUT2D eigenvalue weighted by molar-refractivity contribution is -0.119. The van der Waals surface area contributed by atoms with Crippen LogP contribution in [0.1, 0.15) is 42.6 Å². The van der Waals surface area contributed by atoms with Crippen molar-refractivity contribution in [3.8, 4) is 0 Å². The van der Waals surface area contributed by atoms with E-state index < -0.39 is 0 Å². The van der Waals surface area contributed by atoms with Crippen LogP contribution in [0.3, 0.4) is 0 Å². The van der Waals surface area contributed by atoms with Crippen LogP contribution in [0.15, 0.2) is 23.0 Å². The van der Waals surface area contributed by atoms with Gasteiger partial charge in [-0.25, -0.2) is 0 Å². The first-order valence-corrected chi connectivity index (χ1v) is 8.77. The molecule has 1 amide bonds. The van der Waals surface area contributed by atoms with Crippen molar-refractivity contribution in [2.75, 3.05) is 13.1 Å². The average Bonchev–Trinajstić information content (AvgIpc) is 3.01. The van der Waals surface area contributed by atoms with Crippen molar-refractivity contribution in [3.63, 3.8) is 0 Å². The minimum absolute atomic E-state index is 0.0570. The van der Waals surface area contributed by atoms with Gasteiger partial charge in [0.05, 0.1) is 29.8 Å². The molecule has 0 aliphatic carbocycles. The Morgan fingerprint density at radius 2 is 1.96 bits per heavy atom. The molecule has 0 atom stereocenters. The molecule has 2 aromatic rings. The number of nitrogens with zero attached hydrogens (tertiary/aromatic N) is 4. The summed E-state index contributed by atoms with van der Waals surface area (Å²) in [6, 6.07) is 2.00. The number of carbonyl (C=O) groups is 1. The Hall–Kier alpha value is -2.28. The third-order valence-corrected chi connectivity index (χ3v) is 4.54. The Morgan fingerprint density at radius 1 is 1.24 bits per heavy atom. The third-order valence-electron chi connectivity index (χ3n) is 4.54. The molecule has 2 aromatic heterocycles. The second kappa shape index (κ2) is 8.20. The van der Waals surface area contributed by atoms with Gasteiger partial charge in [0.25, 0.3) is 0 Å². The SMILES string of the molecule is CC(=O)NCc1cnc(CC2CCN(Cc3cc(C)on3)CC2)cn1. The largest absolute Gasteiger partial charge is 0.361 e. The average molecular weight is 343 g/mol. The van der Waals surface area contributed by atoms with Crippen LogP contribution in [-0.4, -0.2) is 39.0 Å². The van der Waals surface area contributed by atoms with E-state index in [1.165, 1.54) is 6.92 Å². The molecule has 25 heavy (non-hydrogen) atoms. The molecule has 0 saturated carbocycles. The predicted molar refractivity (Wildman–Crippen MR) is 92.5 cm³/mol. The Bertz CT molecular complexity index is 690. The van der Waals surface area contributed by atoms with E-state index in [1.54, 1.807) is 6.20 Å². The second-order valence-electron chi connectivity index (χ2n) is 6.76. The van der Waals surface area contributed by atoms with Crippen molar-refractivity contribution in [2.45, 2.75) is 46.2 Å². The predicted octanol–water partition coefficient (Wildman–Crippen LogP) is 1.86. The van der Waals surface area contributed by atoms with Gasteiger partial charge in [-0.05, 0) is 45.2 Å². The molecular weight excluding hydrogens is 318 g/mol. The highest BCUT2D eigenvalue weighted by molar-refractivity contribution is 5.72. The number of carbonyl (C=O) groups excluding carboxylic acids is 1. The Morgan fingerprint density at radius 3 is 2.56 bits per heavy atom. The second-order valence-corrected chi connectivity index (χ2v) is 6.76. The fourth-order valence-corrected chi connectivity index (χ4v) is 3.16. The lowest BCUT2D eigenvalue weighted by atomic mass is 9.92. The van der Waals surface area contributed by atoms with Gasteiger partial charge in [-0.3, -0.25) is 19.7 Å². The van der Waals surface area contributed by atoms with E-state index in [4.69, 9.17) is 4.52 Å². The van der Waals surface area contributed by atoms with Crippen molar-refractivity contribution in [1.29, 1.82) is 0 Å². The van der Waals surface area contributed by atoms with Crippen LogP contribution < -0.4 is 5.32 Å². The summed E-state index contributed by atoms with van der Waals surface area (Å²) in [5, 5.41) is 6.80. The molecule has 1 saturated heterocycles. The van der Waals surface area contributed by atoms with Crippen LogP contribution >= 0.6 is 0 Å². The molecule has 0 spiro atoms. The first-order chi connectivity index (χ1) is 12.1. The number of aryl methyl sites for hydroxylation is 1. The highest BCUT2D eigenvalue weighted by Gasteiger charge is 2.21. The van der Waals surface area contributed by atoms with Crippen LogP contribution in [0.4, 0.5) is 0 Å². The van der Waals surface area contributed by atoms with Gasteiger partial charge in [-0.1, -0.05) is 5.16 Å². The molecule has 3 rings (SSSR count). The number of hydrogen-bond acceptors (Lipinski definition) is 6. The number of hydrogen-bond donors (Lipinski definition) is 1. The van der Waals surface area contributed by atoms with E-state index >= 15 is 0 Å². The molecule has 1 aliphatic rings. The van der Waals surface area contributed by atoms with E-state index in [0.29, 0.717) is 12.5 Å². The minimum atomic E-state index is -0.0570. The van der Waals surface area contributed by atoms with Crippen LogP contribution in [0.5, 0.6) is 0 Å². The lowest BCUT2D eigenvalue weighted by Gasteiger charge is -2.31. The normalized spacial score (nSPS) is 16.1. The van der Waals surface area contributed by atoms with Gasteiger partial charge in [0.2, 0.25) is 5.91 Å². The smallest absolute Gasteiger partial charge is 0.217 e. The molecule has 0 aromatic carbocycles. The topological polar surface area (TPSA) is 84.2 Å². The number of likely N-dealkylation sites (tertiary alicyclic amines) is 1. The molecule has 1 aliphatic heterocycles. The quantitative estimate of drug-likeness (QED) is 0.862. The molecule has 134 valence electrons. The van der Waals surface area contributed by atoms with Gasteiger partial charge >= 0.3 is 0 Å². The number of nitrogens with one attached hydrogen (secondary N) is 1. The summed E-state index contributed by atoms with van der Waals surface area (Å²) in [7, 11) is 0. The molecule has 3 heterocycles. The molecule has 0 radical (unpaired) electrons. The number of piperidine rings is 1. The van der Waals surface area contributed by atoms with Crippen molar-refractivity contribution in [2.24, 2.45) is 5.92 Å². The molecule has 0 unspecified atom stereocenters. The van der Waals surface area contributed by atoms with E-state index in [9.17, 15) is 4.79 Å². The molecular formula is C18H25N5O2. The summed E-state index contributed by atoms with van der Waals surface area (Å²) >= 11 is 0. The monoisotopic (exact) mass is 343 g/mol. The molecule has 1 fully saturated rings. The van der Waals surface area contributed by atoms with Gasteiger partial charge in [0.1, 0.15) is 5.76 Å². The molecule has 1 N–H and O–H groups in total. The van der Waals surface area contributed by atoms with Crippen LogP contribution in [-0.2, 0) is 24.3 Å². The number of amides is 1. The van der Waals surface area contributed by atoms with E-state index in [0.717, 1.165) is 61.7 Å². The fourth-order valence-electron chi connectivity index (χ4n) is 3.16. The summed E-state index contributed by atoms with van der Waals surface area (Å²) in [5.41, 5.74) is 2.82. The maximum absolute atomic E-state index is 10.9. The summed E-state index contributed by atoms with van der Waals surface area (Å²) in [5.74, 6) is 1.45. The van der Waals surface area contributed by atoms with Crippen molar-refractivity contribution in [1.82, 2.24) is 25.3 Å². The summed E-state index contributed by atoms with van der Waals surface area (Å²) < 4.78 is 5.13. The van der Waals surface area contributed by atoms with Gasteiger partial charge in [-0.15, -0.1) is 0 Å². The summed E-state index contributed by atoms with van der Waals surface area (Å²) in [6.45, 7) is 6.86. The first-order valence-electron chi connectivity index (χ1n) is 8.77.